The lowest BCUT2D eigenvalue weighted by atomic mass is 10.1. The fraction of sp³-hybridized carbons (Fsp3) is 0.727. The van der Waals surface area contributed by atoms with Crippen molar-refractivity contribution < 1.29 is 19.4 Å². The predicted molar refractivity (Wildman–Crippen MR) is 61.1 cm³/mol. The monoisotopic (exact) mass is 231 g/mol. The number of hydrogen-bond acceptors (Lipinski definition) is 5. The summed E-state index contributed by atoms with van der Waals surface area (Å²) in [5, 5.41) is 12.5. The largest absolute Gasteiger partial charge is 0.467 e. The van der Waals surface area contributed by atoms with E-state index in [-0.39, 0.29) is 6.54 Å². The highest BCUT2D eigenvalue weighted by atomic mass is 16.5. The molecule has 0 saturated heterocycles. The molecule has 16 heavy (non-hydrogen) atoms. The van der Waals surface area contributed by atoms with Crippen molar-refractivity contribution in [1.82, 2.24) is 5.32 Å². The molecule has 5 nitrogen and oxygen atoms in total. The minimum Gasteiger partial charge on any atom is -0.467 e. The molecule has 1 unspecified atom stereocenters. The van der Waals surface area contributed by atoms with Gasteiger partial charge in [0.2, 0.25) is 0 Å². The second kappa shape index (κ2) is 7.38. The Morgan fingerprint density at radius 2 is 2.19 bits per heavy atom. The van der Waals surface area contributed by atoms with Crippen LogP contribution in [0.3, 0.4) is 0 Å². The summed E-state index contributed by atoms with van der Waals surface area (Å²) < 4.78 is 9.69. The summed E-state index contributed by atoms with van der Waals surface area (Å²) in [6.07, 6.45) is 0. The lowest BCUT2D eigenvalue weighted by molar-refractivity contribution is -0.159. The van der Waals surface area contributed by atoms with Gasteiger partial charge in [-0.3, -0.25) is 0 Å². The van der Waals surface area contributed by atoms with Gasteiger partial charge in [-0.25, -0.2) is 4.79 Å². The summed E-state index contributed by atoms with van der Waals surface area (Å²) in [5.41, 5.74) is -0.537. The molecule has 0 heterocycles. The number of aliphatic hydroxyl groups is 1. The minimum atomic E-state index is -1.50. The fourth-order valence-corrected chi connectivity index (χ4v) is 1.01. The molecule has 0 fully saturated rings. The van der Waals surface area contributed by atoms with Crippen molar-refractivity contribution in [3.63, 3.8) is 0 Å². The Bertz CT molecular complexity index is 238. The summed E-state index contributed by atoms with van der Waals surface area (Å²) in [6.45, 7) is 8.71. The summed E-state index contributed by atoms with van der Waals surface area (Å²) in [6, 6.07) is 0. The first kappa shape index (κ1) is 15.1. The molecule has 0 bridgehead atoms. The van der Waals surface area contributed by atoms with E-state index in [1.807, 2.05) is 6.92 Å². The highest BCUT2D eigenvalue weighted by Crippen LogP contribution is 2.03. The van der Waals surface area contributed by atoms with Crippen LogP contribution in [0, 0.1) is 0 Å². The van der Waals surface area contributed by atoms with Crippen LogP contribution in [0.25, 0.3) is 0 Å². The van der Waals surface area contributed by atoms with Crippen LogP contribution in [0.15, 0.2) is 12.2 Å². The molecule has 2 N–H and O–H groups in total. The third-order valence-corrected chi connectivity index (χ3v) is 1.87. The number of rotatable bonds is 8. The average molecular weight is 231 g/mol. The maximum atomic E-state index is 11.1. The van der Waals surface area contributed by atoms with Gasteiger partial charge in [-0.15, -0.1) is 0 Å². The molecule has 0 saturated carbocycles. The standard InChI is InChI=1S/C11H21NO4/c1-9(2)7-16-6-5-12-8-11(3,14)10(13)15-4/h12,14H,1,5-8H2,2-4H3. The zero-order valence-electron chi connectivity index (χ0n) is 10.2. The van der Waals surface area contributed by atoms with Crippen molar-refractivity contribution in [2.45, 2.75) is 19.4 Å². The summed E-state index contributed by atoms with van der Waals surface area (Å²) in [5.74, 6) is -0.650. The van der Waals surface area contributed by atoms with Crippen LogP contribution < -0.4 is 5.32 Å². The maximum Gasteiger partial charge on any atom is 0.338 e. The van der Waals surface area contributed by atoms with Crippen LogP contribution in [0.1, 0.15) is 13.8 Å². The van der Waals surface area contributed by atoms with Crippen LogP contribution in [-0.4, -0.2) is 50.1 Å². The zero-order valence-corrected chi connectivity index (χ0v) is 10.2. The van der Waals surface area contributed by atoms with E-state index in [0.717, 1.165) is 5.57 Å². The Kier molecular flexibility index (Phi) is 6.96. The van der Waals surface area contributed by atoms with Crippen LogP contribution >= 0.6 is 0 Å². The van der Waals surface area contributed by atoms with Crippen LogP contribution in [0.5, 0.6) is 0 Å². The number of nitrogens with one attached hydrogen (secondary N) is 1. The maximum absolute atomic E-state index is 11.1. The van der Waals surface area contributed by atoms with E-state index in [2.05, 4.69) is 16.6 Å². The molecule has 5 heteroatoms. The van der Waals surface area contributed by atoms with Gasteiger partial charge in [-0.1, -0.05) is 12.2 Å². The number of carbonyl (C=O) groups excluding carboxylic acids is 1. The Hall–Kier alpha value is -0.910. The molecule has 0 aliphatic heterocycles. The van der Waals surface area contributed by atoms with Crippen molar-refractivity contribution >= 4 is 5.97 Å². The number of methoxy groups -OCH3 is 1. The molecule has 0 amide bonds. The lowest BCUT2D eigenvalue weighted by Crippen LogP contribution is -2.46. The van der Waals surface area contributed by atoms with Crippen molar-refractivity contribution in [1.29, 1.82) is 0 Å². The third kappa shape index (κ3) is 6.55. The van der Waals surface area contributed by atoms with Gasteiger partial charge < -0.3 is 19.9 Å². The SMILES string of the molecule is C=C(C)COCCNCC(C)(O)C(=O)OC. The molecular formula is C11H21NO4. The Morgan fingerprint density at radius 3 is 2.69 bits per heavy atom. The summed E-state index contributed by atoms with van der Waals surface area (Å²) in [7, 11) is 1.24. The average Bonchev–Trinajstić information content (AvgIpc) is 2.21. The first-order chi connectivity index (χ1) is 7.40. The summed E-state index contributed by atoms with van der Waals surface area (Å²) in [4.78, 5) is 11.1. The number of esters is 1. The van der Waals surface area contributed by atoms with Gasteiger partial charge >= 0.3 is 5.97 Å². The molecule has 94 valence electrons. The van der Waals surface area contributed by atoms with E-state index >= 15 is 0 Å². The van der Waals surface area contributed by atoms with Crippen LogP contribution in [-0.2, 0) is 14.3 Å². The normalized spacial score (nSPS) is 14.2. The molecule has 0 radical (unpaired) electrons. The van der Waals surface area contributed by atoms with E-state index in [1.54, 1.807) is 0 Å². The van der Waals surface area contributed by atoms with Gasteiger partial charge in [0.25, 0.3) is 0 Å². The molecular weight excluding hydrogens is 210 g/mol. The zero-order chi connectivity index (χ0) is 12.6. The second-order valence-electron chi connectivity index (χ2n) is 3.95. The number of hydrogen-bond donors (Lipinski definition) is 2. The van der Waals surface area contributed by atoms with Crippen molar-refractivity contribution in [2.75, 3.05) is 33.4 Å². The van der Waals surface area contributed by atoms with Gasteiger partial charge in [-0.05, 0) is 13.8 Å². The lowest BCUT2D eigenvalue weighted by Gasteiger charge is -2.20. The molecule has 1 atom stereocenters. The Labute approximate surface area is 96.4 Å². The van der Waals surface area contributed by atoms with Gasteiger partial charge in [0.15, 0.2) is 5.60 Å². The van der Waals surface area contributed by atoms with Gasteiger partial charge in [0, 0.05) is 13.1 Å². The Morgan fingerprint density at radius 1 is 1.56 bits per heavy atom. The van der Waals surface area contributed by atoms with Crippen LogP contribution in [0.4, 0.5) is 0 Å². The molecule has 0 aromatic carbocycles. The molecule has 0 aliphatic rings. The smallest absolute Gasteiger partial charge is 0.338 e. The third-order valence-electron chi connectivity index (χ3n) is 1.87. The summed E-state index contributed by atoms with van der Waals surface area (Å²) >= 11 is 0. The van der Waals surface area contributed by atoms with Crippen molar-refractivity contribution in [3.8, 4) is 0 Å². The van der Waals surface area contributed by atoms with E-state index in [0.29, 0.717) is 19.8 Å². The highest BCUT2D eigenvalue weighted by molar-refractivity contribution is 5.78. The first-order valence-corrected chi connectivity index (χ1v) is 5.14. The van der Waals surface area contributed by atoms with Gasteiger partial charge in [-0.2, -0.15) is 0 Å². The van der Waals surface area contributed by atoms with E-state index in [1.165, 1.54) is 14.0 Å². The van der Waals surface area contributed by atoms with Crippen molar-refractivity contribution in [3.05, 3.63) is 12.2 Å². The first-order valence-electron chi connectivity index (χ1n) is 5.14. The van der Waals surface area contributed by atoms with Crippen molar-refractivity contribution in [2.24, 2.45) is 0 Å². The van der Waals surface area contributed by atoms with Crippen LogP contribution in [0.2, 0.25) is 0 Å². The number of ether oxygens (including phenoxy) is 2. The van der Waals surface area contributed by atoms with E-state index in [4.69, 9.17) is 4.74 Å². The highest BCUT2D eigenvalue weighted by Gasteiger charge is 2.30. The molecule has 0 aromatic heterocycles. The molecule has 0 rings (SSSR count). The fourth-order valence-electron chi connectivity index (χ4n) is 1.01. The molecule has 0 aliphatic carbocycles. The topological polar surface area (TPSA) is 67.8 Å². The second-order valence-corrected chi connectivity index (χ2v) is 3.95. The molecule has 0 spiro atoms. The minimum absolute atomic E-state index is 0.135. The van der Waals surface area contributed by atoms with Gasteiger partial charge in [0.1, 0.15) is 0 Å². The Balaban J connectivity index is 3.58. The predicted octanol–water partition coefficient (Wildman–Crippen LogP) is 0.0927. The van der Waals surface area contributed by atoms with E-state index < -0.39 is 11.6 Å². The van der Waals surface area contributed by atoms with E-state index in [9.17, 15) is 9.90 Å². The molecule has 0 aromatic rings. The quantitative estimate of drug-likeness (QED) is 0.352. The number of carbonyl (C=O) groups is 1. The van der Waals surface area contributed by atoms with Gasteiger partial charge in [0.05, 0.1) is 20.3 Å².